The number of nitrogens with zero attached hydrogens (tertiary/aromatic N) is 3. The third-order valence-corrected chi connectivity index (χ3v) is 6.92. The zero-order valence-corrected chi connectivity index (χ0v) is 19.9. The van der Waals surface area contributed by atoms with Gasteiger partial charge in [0.05, 0.1) is 17.5 Å². The maximum atomic E-state index is 13.3. The fourth-order valence-corrected chi connectivity index (χ4v) is 4.93. The number of piperidine rings is 1. The average molecular weight is 485 g/mol. The lowest BCUT2D eigenvalue weighted by atomic mass is 10.1. The number of likely N-dealkylation sites (tertiary alicyclic amines) is 1. The van der Waals surface area contributed by atoms with Crippen LogP contribution in [0.4, 0.5) is 4.79 Å². The van der Waals surface area contributed by atoms with Crippen LogP contribution in [0.25, 0.3) is 10.9 Å². The van der Waals surface area contributed by atoms with Crippen LogP contribution in [0.15, 0.2) is 51.4 Å². The molecule has 1 aromatic carbocycles. The standard InChI is InChI=1S/C24H28N4O5S/c1-2-33-24(32)26-12-9-17(10-13-26)25-21(29)16-28-20-8-4-3-7-19(20)22(30)27(23(28)31)14-11-18-6-5-15-34-18/h3-8,15,17H,2,9-14,16H2,1H3,(H,25,29). The van der Waals surface area contributed by atoms with Crippen LogP contribution in [0, 0.1) is 0 Å². The Kier molecular flexibility index (Phi) is 7.46. The number of thiophene rings is 1. The second-order valence-electron chi connectivity index (χ2n) is 8.20. The van der Waals surface area contributed by atoms with Gasteiger partial charge in [-0.1, -0.05) is 18.2 Å². The van der Waals surface area contributed by atoms with Crippen molar-refractivity contribution in [3.8, 4) is 0 Å². The smallest absolute Gasteiger partial charge is 0.409 e. The van der Waals surface area contributed by atoms with Crippen LogP contribution in [0.3, 0.4) is 0 Å². The molecule has 1 aliphatic rings. The van der Waals surface area contributed by atoms with Gasteiger partial charge in [-0.25, -0.2) is 9.59 Å². The number of aromatic nitrogens is 2. The first kappa shape index (κ1) is 23.7. The van der Waals surface area contributed by atoms with Gasteiger partial charge in [-0.05, 0) is 49.8 Å². The molecular weight excluding hydrogens is 456 g/mol. The maximum absolute atomic E-state index is 13.3. The summed E-state index contributed by atoms with van der Waals surface area (Å²) < 4.78 is 7.61. The highest BCUT2D eigenvalue weighted by atomic mass is 32.1. The van der Waals surface area contributed by atoms with Crippen LogP contribution in [-0.4, -0.2) is 51.8 Å². The molecule has 0 spiro atoms. The van der Waals surface area contributed by atoms with Crippen LogP contribution in [0.2, 0.25) is 0 Å². The number of benzene rings is 1. The summed E-state index contributed by atoms with van der Waals surface area (Å²) in [4.78, 5) is 53.7. The molecule has 0 bridgehead atoms. The molecule has 0 aliphatic carbocycles. The van der Waals surface area contributed by atoms with Crippen molar-refractivity contribution in [2.45, 2.75) is 45.3 Å². The van der Waals surface area contributed by atoms with E-state index >= 15 is 0 Å². The quantitative estimate of drug-likeness (QED) is 0.554. The molecule has 0 saturated carbocycles. The minimum absolute atomic E-state index is 0.0927. The molecule has 34 heavy (non-hydrogen) atoms. The van der Waals surface area contributed by atoms with Crippen molar-refractivity contribution < 1.29 is 14.3 Å². The van der Waals surface area contributed by atoms with Gasteiger partial charge in [-0.3, -0.25) is 18.7 Å². The Labute approximate surface area is 200 Å². The zero-order chi connectivity index (χ0) is 24.1. The van der Waals surface area contributed by atoms with Gasteiger partial charge in [0.1, 0.15) is 6.54 Å². The van der Waals surface area contributed by atoms with Crippen molar-refractivity contribution in [2.24, 2.45) is 0 Å². The number of para-hydroxylation sites is 1. The predicted octanol–water partition coefficient (Wildman–Crippen LogP) is 2.20. The molecule has 2 amide bonds. The SMILES string of the molecule is CCOC(=O)N1CCC(NC(=O)Cn2c(=O)n(CCc3cccs3)c(=O)c3ccccc32)CC1. The lowest BCUT2D eigenvalue weighted by molar-refractivity contribution is -0.122. The summed E-state index contributed by atoms with van der Waals surface area (Å²) in [5.41, 5.74) is -0.398. The van der Waals surface area contributed by atoms with E-state index in [2.05, 4.69) is 5.32 Å². The molecule has 1 fully saturated rings. The topological polar surface area (TPSA) is 103 Å². The van der Waals surface area contributed by atoms with Crippen LogP contribution >= 0.6 is 11.3 Å². The maximum Gasteiger partial charge on any atom is 0.409 e. The minimum Gasteiger partial charge on any atom is -0.450 e. The van der Waals surface area contributed by atoms with Crippen LogP contribution in [-0.2, 0) is 29.0 Å². The Bertz CT molecular complexity index is 1270. The van der Waals surface area contributed by atoms with E-state index < -0.39 is 5.69 Å². The number of ether oxygens (including phenoxy) is 1. The molecule has 2 aromatic heterocycles. The second kappa shape index (κ2) is 10.7. The van der Waals surface area contributed by atoms with Crippen molar-refractivity contribution >= 4 is 34.2 Å². The first-order valence-corrected chi connectivity index (χ1v) is 12.3. The van der Waals surface area contributed by atoms with E-state index in [-0.39, 0.29) is 36.7 Å². The van der Waals surface area contributed by atoms with E-state index in [0.717, 1.165) is 4.88 Å². The van der Waals surface area contributed by atoms with E-state index in [1.54, 1.807) is 47.4 Å². The van der Waals surface area contributed by atoms with Gasteiger partial charge < -0.3 is 15.0 Å². The summed E-state index contributed by atoms with van der Waals surface area (Å²) in [7, 11) is 0. The molecule has 3 aromatic rings. The molecule has 3 heterocycles. The van der Waals surface area contributed by atoms with E-state index in [0.29, 0.717) is 49.9 Å². The number of nitrogens with one attached hydrogen (secondary N) is 1. The molecule has 1 aliphatic heterocycles. The van der Waals surface area contributed by atoms with Gasteiger partial charge >= 0.3 is 11.8 Å². The normalized spacial score (nSPS) is 14.3. The Morgan fingerprint density at radius 2 is 1.85 bits per heavy atom. The lowest BCUT2D eigenvalue weighted by Gasteiger charge is -2.31. The van der Waals surface area contributed by atoms with E-state index in [1.807, 2.05) is 17.5 Å². The number of amides is 2. The molecular formula is C24H28N4O5S. The summed E-state index contributed by atoms with van der Waals surface area (Å²) in [5.74, 6) is -0.301. The van der Waals surface area contributed by atoms with Gasteiger partial charge in [0.2, 0.25) is 5.91 Å². The monoisotopic (exact) mass is 484 g/mol. The highest BCUT2D eigenvalue weighted by Gasteiger charge is 2.25. The van der Waals surface area contributed by atoms with Gasteiger partial charge in [0.25, 0.3) is 5.56 Å². The summed E-state index contributed by atoms with van der Waals surface area (Å²) in [5, 5.41) is 5.34. The largest absolute Gasteiger partial charge is 0.450 e. The van der Waals surface area contributed by atoms with E-state index in [9.17, 15) is 19.2 Å². The van der Waals surface area contributed by atoms with Crippen LogP contribution in [0.1, 0.15) is 24.6 Å². The first-order chi connectivity index (χ1) is 16.5. The molecule has 180 valence electrons. The number of aryl methyl sites for hydroxylation is 1. The summed E-state index contributed by atoms with van der Waals surface area (Å²) in [6, 6.07) is 10.7. The average Bonchev–Trinajstić information content (AvgIpc) is 3.36. The molecule has 4 rings (SSSR count). The zero-order valence-electron chi connectivity index (χ0n) is 19.1. The summed E-state index contributed by atoms with van der Waals surface area (Å²) in [6.07, 6.45) is 1.45. The van der Waals surface area contributed by atoms with Crippen LogP contribution in [0.5, 0.6) is 0 Å². The van der Waals surface area contributed by atoms with Crippen molar-refractivity contribution in [2.75, 3.05) is 19.7 Å². The van der Waals surface area contributed by atoms with Gasteiger partial charge in [-0.15, -0.1) is 11.3 Å². The Hall–Kier alpha value is -3.40. The lowest BCUT2D eigenvalue weighted by Crippen LogP contribution is -2.48. The Balaban J connectivity index is 1.50. The predicted molar refractivity (Wildman–Crippen MR) is 130 cm³/mol. The summed E-state index contributed by atoms with van der Waals surface area (Å²) >= 11 is 1.58. The minimum atomic E-state index is -0.493. The third kappa shape index (κ3) is 5.22. The van der Waals surface area contributed by atoms with Gasteiger partial charge in [0, 0.05) is 30.6 Å². The second-order valence-corrected chi connectivity index (χ2v) is 9.23. The number of fused-ring (bicyclic) bond motifs is 1. The number of hydrogen-bond acceptors (Lipinski definition) is 6. The number of hydrogen-bond donors (Lipinski definition) is 1. The number of carbonyl (C=O) groups is 2. The highest BCUT2D eigenvalue weighted by molar-refractivity contribution is 7.09. The van der Waals surface area contributed by atoms with Crippen molar-refractivity contribution in [1.82, 2.24) is 19.4 Å². The fourth-order valence-electron chi connectivity index (χ4n) is 4.24. The first-order valence-electron chi connectivity index (χ1n) is 11.4. The Morgan fingerprint density at radius 1 is 1.09 bits per heavy atom. The Morgan fingerprint density at radius 3 is 2.56 bits per heavy atom. The van der Waals surface area contributed by atoms with Crippen molar-refractivity contribution in [3.63, 3.8) is 0 Å². The fraction of sp³-hybridized carbons (Fsp3) is 0.417. The molecule has 10 heteroatoms. The molecule has 9 nitrogen and oxygen atoms in total. The number of rotatable bonds is 7. The van der Waals surface area contributed by atoms with Crippen LogP contribution < -0.4 is 16.6 Å². The third-order valence-electron chi connectivity index (χ3n) is 5.98. The van der Waals surface area contributed by atoms with E-state index in [4.69, 9.17) is 4.74 Å². The number of carbonyl (C=O) groups excluding carboxylic acids is 2. The van der Waals surface area contributed by atoms with Crippen molar-refractivity contribution in [3.05, 3.63) is 67.5 Å². The molecule has 1 saturated heterocycles. The molecule has 0 radical (unpaired) electrons. The summed E-state index contributed by atoms with van der Waals surface area (Å²) in [6.45, 7) is 3.16. The van der Waals surface area contributed by atoms with Crippen molar-refractivity contribution in [1.29, 1.82) is 0 Å². The highest BCUT2D eigenvalue weighted by Crippen LogP contribution is 2.13. The van der Waals surface area contributed by atoms with Gasteiger partial charge in [-0.2, -0.15) is 0 Å². The van der Waals surface area contributed by atoms with Gasteiger partial charge in [0.15, 0.2) is 0 Å². The molecule has 1 N–H and O–H groups in total. The van der Waals surface area contributed by atoms with E-state index in [1.165, 1.54) is 9.13 Å². The molecule has 0 atom stereocenters. The molecule has 0 unspecified atom stereocenters.